The van der Waals surface area contributed by atoms with Crippen molar-refractivity contribution in [1.82, 2.24) is 0 Å². The number of rotatable bonds is 7. The highest BCUT2D eigenvalue weighted by Crippen LogP contribution is 2.47. The summed E-state index contributed by atoms with van der Waals surface area (Å²) in [6.07, 6.45) is 0. The second-order valence-corrected chi connectivity index (χ2v) is 15.3. The predicted molar refractivity (Wildman–Crippen MR) is 253 cm³/mol. The van der Waals surface area contributed by atoms with E-state index in [1.54, 1.807) is 0 Å². The fraction of sp³-hybridized carbons (Fsp3) is 0. The first-order chi connectivity index (χ1) is 29.2. The molecule has 0 aliphatic heterocycles. The minimum absolute atomic E-state index is 1.10. The number of hydrogen-bond donors (Lipinski definition) is 0. The van der Waals surface area contributed by atoms with Crippen molar-refractivity contribution in [2.24, 2.45) is 0 Å². The summed E-state index contributed by atoms with van der Waals surface area (Å²) < 4.78 is 0. The molecule has 0 aliphatic carbocycles. The molecule has 11 rings (SSSR count). The number of anilines is 3. The normalized spacial score (nSPS) is 11.4. The first-order valence-electron chi connectivity index (χ1n) is 20.3. The number of hydrogen-bond acceptors (Lipinski definition) is 1. The van der Waals surface area contributed by atoms with Crippen LogP contribution in [-0.2, 0) is 0 Å². The van der Waals surface area contributed by atoms with E-state index in [1.165, 1.54) is 87.6 Å². The van der Waals surface area contributed by atoms with E-state index in [9.17, 15) is 0 Å². The first-order valence-corrected chi connectivity index (χ1v) is 20.3. The van der Waals surface area contributed by atoms with Crippen molar-refractivity contribution >= 4 is 60.2 Å². The van der Waals surface area contributed by atoms with Crippen LogP contribution in [0.25, 0.3) is 87.6 Å². The Labute approximate surface area is 344 Å². The zero-order valence-corrected chi connectivity index (χ0v) is 32.5. The fourth-order valence-corrected chi connectivity index (χ4v) is 8.93. The monoisotopic (exact) mass is 749 g/mol. The van der Waals surface area contributed by atoms with Gasteiger partial charge >= 0.3 is 0 Å². The Bertz CT molecular complexity index is 3210. The van der Waals surface area contributed by atoms with E-state index in [4.69, 9.17) is 0 Å². The summed E-state index contributed by atoms with van der Waals surface area (Å²) >= 11 is 0. The van der Waals surface area contributed by atoms with Crippen molar-refractivity contribution < 1.29 is 0 Å². The van der Waals surface area contributed by atoms with Gasteiger partial charge in [-0.2, -0.15) is 0 Å². The van der Waals surface area contributed by atoms with Gasteiger partial charge in [0.25, 0.3) is 0 Å². The lowest BCUT2D eigenvalue weighted by molar-refractivity contribution is 1.29. The zero-order valence-electron chi connectivity index (χ0n) is 32.5. The molecule has 59 heavy (non-hydrogen) atoms. The topological polar surface area (TPSA) is 3.24 Å². The van der Waals surface area contributed by atoms with E-state index in [2.05, 4.69) is 241 Å². The molecule has 0 heterocycles. The molecule has 0 saturated heterocycles. The summed E-state index contributed by atoms with van der Waals surface area (Å²) in [5.74, 6) is 0. The van der Waals surface area contributed by atoms with Crippen LogP contribution >= 0.6 is 0 Å². The molecule has 0 saturated carbocycles. The molecule has 0 aromatic heterocycles. The minimum Gasteiger partial charge on any atom is -0.310 e. The standard InChI is InChI=1S/C58H39N/c1-3-13-40(14-4-1)44-27-31-50(32-28-44)59(51-33-29-45(30-34-51)41-15-5-2-6-16-41)52-35-36-55-56(39-52)58(49-26-24-43-18-8-10-20-47(43)38-49)54-22-12-11-21-53(54)57(55)48-25-23-42-17-7-9-19-46(42)37-48/h1-39H. The summed E-state index contributed by atoms with van der Waals surface area (Å²) in [6.45, 7) is 0. The molecule has 11 aromatic carbocycles. The minimum atomic E-state index is 1.10. The van der Waals surface area contributed by atoms with Gasteiger partial charge in [0.2, 0.25) is 0 Å². The maximum Gasteiger partial charge on any atom is 0.0468 e. The molecule has 0 radical (unpaired) electrons. The van der Waals surface area contributed by atoms with Crippen LogP contribution < -0.4 is 4.90 Å². The molecule has 0 atom stereocenters. The lowest BCUT2D eigenvalue weighted by Crippen LogP contribution is -2.10. The Balaban J connectivity index is 1.17. The molecular weight excluding hydrogens is 711 g/mol. The molecule has 1 nitrogen and oxygen atoms in total. The molecule has 0 aliphatic rings. The largest absolute Gasteiger partial charge is 0.310 e. The van der Waals surface area contributed by atoms with Crippen molar-refractivity contribution in [2.75, 3.05) is 4.90 Å². The highest BCUT2D eigenvalue weighted by atomic mass is 15.1. The van der Waals surface area contributed by atoms with Gasteiger partial charge in [-0.1, -0.05) is 188 Å². The van der Waals surface area contributed by atoms with Crippen LogP contribution in [0.15, 0.2) is 237 Å². The highest BCUT2D eigenvalue weighted by Gasteiger charge is 2.21. The van der Waals surface area contributed by atoms with Crippen molar-refractivity contribution in [3.05, 3.63) is 237 Å². The Morgan fingerprint density at radius 2 is 0.559 bits per heavy atom. The lowest BCUT2D eigenvalue weighted by atomic mass is 9.85. The number of nitrogens with zero attached hydrogens (tertiary/aromatic N) is 1. The quantitative estimate of drug-likeness (QED) is 0.147. The lowest BCUT2D eigenvalue weighted by Gasteiger charge is -2.27. The Morgan fingerprint density at radius 3 is 1.05 bits per heavy atom. The van der Waals surface area contributed by atoms with Gasteiger partial charge in [0.1, 0.15) is 0 Å². The SMILES string of the molecule is c1ccc(-c2ccc(N(c3ccc(-c4ccccc4)cc3)c3ccc4c(-c5ccc6ccccc6c5)c5ccccc5c(-c5ccc6ccccc6c5)c4c3)cc2)cc1. The Hall–Kier alpha value is -7.74. The van der Waals surface area contributed by atoms with Gasteiger partial charge in [0.15, 0.2) is 0 Å². The van der Waals surface area contributed by atoms with Gasteiger partial charge < -0.3 is 4.90 Å². The predicted octanol–water partition coefficient (Wildman–Crippen LogP) is 16.4. The van der Waals surface area contributed by atoms with Crippen LogP contribution in [0, 0.1) is 0 Å². The molecular formula is C58H39N. The van der Waals surface area contributed by atoms with Gasteiger partial charge in [0, 0.05) is 17.1 Å². The first kappa shape index (κ1) is 34.5. The molecule has 0 amide bonds. The van der Waals surface area contributed by atoms with Crippen LogP contribution in [0.1, 0.15) is 0 Å². The molecule has 0 N–H and O–H groups in total. The maximum absolute atomic E-state index is 2.42. The van der Waals surface area contributed by atoms with Gasteiger partial charge in [-0.05, 0) is 136 Å². The summed E-state index contributed by atoms with van der Waals surface area (Å²) in [4.78, 5) is 2.40. The van der Waals surface area contributed by atoms with E-state index < -0.39 is 0 Å². The van der Waals surface area contributed by atoms with Gasteiger partial charge in [-0.25, -0.2) is 0 Å². The van der Waals surface area contributed by atoms with Gasteiger partial charge in [0.05, 0.1) is 0 Å². The average molecular weight is 750 g/mol. The second-order valence-electron chi connectivity index (χ2n) is 15.3. The van der Waals surface area contributed by atoms with Crippen LogP contribution in [0.4, 0.5) is 17.1 Å². The van der Waals surface area contributed by atoms with Crippen molar-refractivity contribution in [3.63, 3.8) is 0 Å². The third kappa shape index (κ3) is 6.30. The molecule has 276 valence electrons. The summed E-state index contributed by atoms with van der Waals surface area (Å²) in [6, 6.07) is 86.4. The molecule has 0 bridgehead atoms. The smallest absolute Gasteiger partial charge is 0.0468 e. The maximum atomic E-state index is 2.42. The summed E-state index contributed by atoms with van der Waals surface area (Å²) in [5.41, 5.74) is 13.0. The second kappa shape index (κ2) is 14.6. The third-order valence-corrected chi connectivity index (χ3v) is 11.8. The molecule has 0 fully saturated rings. The number of fused-ring (bicyclic) bond motifs is 4. The van der Waals surface area contributed by atoms with E-state index in [0.717, 1.165) is 17.1 Å². The third-order valence-electron chi connectivity index (χ3n) is 11.8. The Morgan fingerprint density at radius 1 is 0.203 bits per heavy atom. The van der Waals surface area contributed by atoms with Crippen LogP contribution in [0.5, 0.6) is 0 Å². The van der Waals surface area contributed by atoms with E-state index in [-0.39, 0.29) is 0 Å². The van der Waals surface area contributed by atoms with Crippen molar-refractivity contribution in [1.29, 1.82) is 0 Å². The van der Waals surface area contributed by atoms with Crippen molar-refractivity contribution in [2.45, 2.75) is 0 Å². The van der Waals surface area contributed by atoms with E-state index in [1.807, 2.05) is 0 Å². The molecule has 11 aromatic rings. The van der Waals surface area contributed by atoms with Crippen LogP contribution in [0.2, 0.25) is 0 Å². The van der Waals surface area contributed by atoms with Gasteiger partial charge in [-0.3, -0.25) is 0 Å². The fourth-order valence-electron chi connectivity index (χ4n) is 8.93. The Kier molecular flexibility index (Phi) is 8.56. The van der Waals surface area contributed by atoms with Crippen LogP contribution in [-0.4, -0.2) is 0 Å². The van der Waals surface area contributed by atoms with Crippen LogP contribution in [0.3, 0.4) is 0 Å². The molecule has 1 heteroatoms. The highest BCUT2D eigenvalue weighted by molar-refractivity contribution is 6.22. The van der Waals surface area contributed by atoms with Crippen molar-refractivity contribution in [3.8, 4) is 44.5 Å². The molecule has 0 spiro atoms. The summed E-state index contributed by atoms with van der Waals surface area (Å²) in [7, 11) is 0. The van der Waals surface area contributed by atoms with Gasteiger partial charge in [-0.15, -0.1) is 0 Å². The van der Waals surface area contributed by atoms with E-state index in [0.29, 0.717) is 0 Å². The average Bonchev–Trinajstić information content (AvgIpc) is 3.31. The summed E-state index contributed by atoms with van der Waals surface area (Å²) in [5, 5.41) is 9.88. The molecule has 0 unspecified atom stereocenters. The zero-order chi connectivity index (χ0) is 39.1. The number of benzene rings is 11. The van der Waals surface area contributed by atoms with E-state index >= 15 is 0 Å².